The van der Waals surface area contributed by atoms with E-state index in [1.807, 2.05) is 25.1 Å². The molecule has 3 rings (SSSR count). The highest BCUT2D eigenvalue weighted by atomic mass is 16.5. The van der Waals surface area contributed by atoms with Crippen molar-refractivity contribution in [2.75, 3.05) is 6.61 Å². The highest BCUT2D eigenvalue weighted by Crippen LogP contribution is 2.38. The maximum Gasteiger partial charge on any atom is 0.229 e. The minimum Gasteiger partial charge on any atom is -0.490 e. The van der Waals surface area contributed by atoms with Crippen molar-refractivity contribution in [2.45, 2.75) is 38.8 Å². The van der Waals surface area contributed by atoms with Crippen molar-refractivity contribution >= 4 is 0 Å². The zero-order chi connectivity index (χ0) is 14.7. The van der Waals surface area contributed by atoms with Crippen molar-refractivity contribution < 1.29 is 14.0 Å². The minimum absolute atomic E-state index is 0.262. The Morgan fingerprint density at radius 3 is 2.86 bits per heavy atom. The monoisotopic (exact) mass is 289 g/mol. The lowest BCUT2D eigenvalue weighted by Gasteiger charge is -2.11. The highest BCUT2D eigenvalue weighted by Gasteiger charge is 2.29. The van der Waals surface area contributed by atoms with Crippen LogP contribution in [-0.4, -0.2) is 16.7 Å². The van der Waals surface area contributed by atoms with Crippen molar-refractivity contribution in [1.29, 1.82) is 0 Å². The fourth-order valence-corrected chi connectivity index (χ4v) is 2.03. The Kier molecular flexibility index (Phi) is 4.06. The van der Waals surface area contributed by atoms with E-state index in [2.05, 4.69) is 10.1 Å². The highest BCUT2D eigenvalue weighted by molar-refractivity contribution is 5.43. The van der Waals surface area contributed by atoms with Crippen LogP contribution in [0.4, 0.5) is 0 Å². The molecule has 0 saturated heterocycles. The zero-order valence-corrected chi connectivity index (χ0v) is 12.0. The summed E-state index contributed by atoms with van der Waals surface area (Å²) in [6.45, 7) is 3.23. The summed E-state index contributed by atoms with van der Waals surface area (Å²) in [4.78, 5) is 4.33. The Labute approximate surface area is 123 Å². The van der Waals surface area contributed by atoms with Crippen molar-refractivity contribution in [1.82, 2.24) is 10.1 Å². The smallest absolute Gasteiger partial charge is 0.229 e. The maximum atomic E-state index is 5.74. The largest absolute Gasteiger partial charge is 0.490 e. The molecule has 2 N–H and O–H groups in total. The van der Waals surface area contributed by atoms with Crippen LogP contribution in [0.3, 0.4) is 0 Å². The number of aromatic nitrogens is 2. The van der Waals surface area contributed by atoms with Gasteiger partial charge in [-0.2, -0.15) is 4.98 Å². The van der Waals surface area contributed by atoms with Crippen molar-refractivity contribution in [3.63, 3.8) is 0 Å². The standard InChI is InChI=1S/C15H19N3O3/c1-2-19-13-7-10(8-16)3-6-12(13)20-9-14-17-15(21-18-14)11-4-5-11/h3,6-7,11H,2,4-5,8-9,16H2,1H3. The van der Waals surface area contributed by atoms with E-state index in [0.717, 1.165) is 24.3 Å². The molecule has 0 bridgehead atoms. The molecule has 0 atom stereocenters. The number of hydrogen-bond acceptors (Lipinski definition) is 6. The Morgan fingerprint density at radius 1 is 1.29 bits per heavy atom. The van der Waals surface area contributed by atoms with E-state index in [4.69, 9.17) is 19.7 Å². The number of nitrogens with two attached hydrogens (primary N) is 1. The van der Waals surface area contributed by atoms with Crippen molar-refractivity contribution in [3.8, 4) is 11.5 Å². The molecule has 1 aromatic heterocycles. The lowest BCUT2D eigenvalue weighted by molar-refractivity contribution is 0.258. The van der Waals surface area contributed by atoms with Crippen molar-refractivity contribution in [2.24, 2.45) is 5.73 Å². The Hall–Kier alpha value is -2.08. The number of benzene rings is 1. The van der Waals surface area contributed by atoms with Gasteiger partial charge in [-0.1, -0.05) is 11.2 Å². The SMILES string of the molecule is CCOc1cc(CN)ccc1OCc1noc(C2CC2)n1. The molecule has 0 unspecified atom stereocenters. The molecule has 1 heterocycles. The number of nitrogens with zero attached hydrogens (tertiary/aromatic N) is 2. The number of rotatable bonds is 7. The van der Waals surface area contributed by atoms with E-state index in [1.54, 1.807) is 0 Å². The quantitative estimate of drug-likeness (QED) is 0.842. The van der Waals surface area contributed by atoms with Gasteiger partial charge < -0.3 is 19.7 Å². The van der Waals surface area contributed by atoms with Gasteiger partial charge in [-0.05, 0) is 37.5 Å². The molecule has 1 aliphatic rings. The first-order chi connectivity index (χ1) is 10.3. The van der Waals surface area contributed by atoms with E-state index >= 15 is 0 Å². The first kappa shape index (κ1) is 13.9. The molecular weight excluding hydrogens is 270 g/mol. The van der Waals surface area contributed by atoms with E-state index in [9.17, 15) is 0 Å². The normalized spacial score (nSPS) is 14.2. The third-order valence-corrected chi connectivity index (χ3v) is 3.31. The van der Waals surface area contributed by atoms with E-state index in [-0.39, 0.29) is 6.61 Å². The van der Waals surface area contributed by atoms with Gasteiger partial charge in [0.1, 0.15) is 0 Å². The van der Waals surface area contributed by atoms with Gasteiger partial charge in [-0.25, -0.2) is 0 Å². The third kappa shape index (κ3) is 3.33. The summed E-state index contributed by atoms with van der Waals surface area (Å²) in [6, 6.07) is 5.67. The molecule has 6 nitrogen and oxygen atoms in total. The molecule has 1 aromatic carbocycles. The summed E-state index contributed by atoms with van der Waals surface area (Å²) in [6.07, 6.45) is 2.27. The second kappa shape index (κ2) is 6.13. The fraction of sp³-hybridized carbons (Fsp3) is 0.467. The molecule has 0 aliphatic heterocycles. The van der Waals surface area contributed by atoms with Gasteiger partial charge in [0.05, 0.1) is 6.61 Å². The van der Waals surface area contributed by atoms with E-state index in [1.165, 1.54) is 0 Å². The minimum atomic E-state index is 0.262. The maximum absolute atomic E-state index is 5.74. The number of ether oxygens (including phenoxy) is 2. The van der Waals surface area contributed by atoms with Crippen LogP contribution in [0.2, 0.25) is 0 Å². The Bertz CT molecular complexity index is 608. The summed E-state index contributed by atoms with van der Waals surface area (Å²) in [5, 5.41) is 3.93. The van der Waals surface area contributed by atoms with Gasteiger partial charge in [-0.15, -0.1) is 0 Å². The van der Waals surface area contributed by atoms with Crippen LogP contribution in [0.15, 0.2) is 22.7 Å². The molecule has 1 aliphatic carbocycles. The lowest BCUT2D eigenvalue weighted by atomic mass is 10.2. The van der Waals surface area contributed by atoms with E-state index in [0.29, 0.717) is 36.4 Å². The molecule has 0 radical (unpaired) electrons. The van der Waals surface area contributed by atoms with Crippen LogP contribution in [0, 0.1) is 0 Å². The summed E-state index contributed by atoms with van der Waals surface area (Å²) in [7, 11) is 0. The molecule has 6 heteroatoms. The van der Waals surface area contributed by atoms with Crippen LogP contribution in [0.5, 0.6) is 11.5 Å². The summed E-state index contributed by atoms with van der Waals surface area (Å²) in [5.74, 6) is 3.08. The summed E-state index contributed by atoms with van der Waals surface area (Å²) < 4.78 is 16.5. The molecule has 112 valence electrons. The van der Waals surface area contributed by atoms with E-state index < -0.39 is 0 Å². The van der Waals surface area contributed by atoms with Crippen molar-refractivity contribution in [3.05, 3.63) is 35.5 Å². The molecule has 21 heavy (non-hydrogen) atoms. The van der Waals surface area contributed by atoms with Gasteiger partial charge in [0, 0.05) is 12.5 Å². The molecule has 1 fully saturated rings. The number of hydrogen-bond donors (Lipinski definition) is 1. The molecule has 0 amide bonds. The van der Waals surface area contributed by atoms with Crippen LogP contribution in [0.25, 0.3) is 0 Å². The Balaban J connectivity index is 1.67. The van der Waals surface area contributed by atoms with Crippen LogP contribution < -0.4 is 15.2 Å². The predicted octanol–water partition coefficient (Wildman–Crippen LogP) is 2.38. The van der Waals surface area contributed by atoms with Gasteiger partial charge in [-0.3, -0.25) is 0 Å². The average molecular weight is 289 g/mol. The first-order valence-electron chi connectivity index (χ1n) is 7.21. The van der Waals surface area contributed by atoms with Crippen LogP contribution in [-0.2, 0) is 13.2 Å². The third-order valence-electron chi connectivity index (χ3n) is 3.31. The summed E-state index contributed by atoms with van der Waals surface area (Å²) >= 11 is 0. The second-order valence-electron chi connectivity index (χ2n) is 5.03. The molecule has 1 saturated carbocycles. The fourth-order valence-electron chi connectivity index (χ4n) is 2.03. The van der Waals surface area contributed by atoms with Crippen LogP contribution >= 0.6 is 0 Å². The first-order valence-corrected chi connectivity index (χ1v) is 7.21. The van der Waals surface area contributed by atoms with Gasteiger partial charge >= 0.3 is 0 Å². The lowest BCUT2D eigenvalue weighted by Crippen LogP contribution is -2.03. The predicted molar refractivity (Wildman–Crippen MR) is 76.1 cm³/mol. The average Bonchev–Trinajstić information content (AvgIpc) is 3.25. The zero-order valence-electron chi connectivity index (χ0n) is 12.0. The Morgan fingerprint density at radius 2 is 2.14 bits per heavy atom. The van der Waals surface area contributed by atoms with Crippen LogP contribution in [0.1, 0.15) is 43.0 Å². The van der Waals surface area contributed by atoms with Gasteiger partial charge in [0.2, 0.25) is 11.7 Å². The molecule has 0 spiro atoms. The summed E-state index contributed by atoms with van der Waals surface area (Å²) in [5.41, 5.74) is 6.64. The molecule has 2 aromatic rings. The second-order valence-corrected chi connectivity index (χ2v) is 5.03. The van der Waals surface area contributed by atoms with Gasteiger partial charge in [0.15, 0.2) is 18.1 Å². The topological polar surface area (TPSA) is 83.4 Å². The molecular formula is C15H19N3O3. The van der Waals surface area contributed by atoms with Gasteiger partial charge in [0.25, 0.3) is 0 Å².